The molecule has 0 aliphatic rings. The predicted molar refractivity (Wildman–Crippen MR) is 73.2 cm³/mol. The average molecular weight is 315 g/mol. The van der Waals surface area contributed by atoms with Crippen LogP contribution in [0, 0.1) is 17.0 Å². The van der Waals surface area contributed by atoms with E-state index in [1.165, 1.54) is 12.1 Å². The zero-order chi connectivity index (χ0) is 13.7. The van der Waals surface area contributed by atoms with E-state index in [4.69, 9.17) is 0 Å². The number of benzene rings is 1. The number of rotatable bonds is 5. The second-order valence-electron chi connectivity index (χ2n) is 4.17. The van der Waals surface area contributed by atoms with Gasteiger partial charge in [0.2, 0.25) is 0 Å². The number of aryl methyl sites for hydroxylation is 1. The molecule has 1 aromatic carbocycles. The van der Waals surface area contributed by atoms with Crippen molar-refractivity contribution in [3.63, 3.8) is 0 Å². The van der Waals surface area contributed by atoms with Gasteiger partial charge in [-0.1, -0.05) is 15.9 Å². The molecule has 98 valence electrons. The van der Waals surface area contributed by atoms with E-state index in [0.717, 1.165) is 11.8 Å². The number of carbonyl (C=O) groups is 1. The third-order valence-corrected chi connectivity index (χ3v) is 2.91. The highest BCUT2D eigenvalue weighted by atomic mass is 79.9. The van der Waals surface area contributed by atoms with Gasteiger partial charge in [0.15, 0.2) is 0 Å². The molecule has 0 radical (unpaired) electrons. The molecule has 0 aromatic heterocycles. The first-order valence-corrected chi connectivity index (χ1v) is 6.69. The van der Waals surface area contributed by atoms with Crippen molar-refractivity contribution < 1.29 is 9.72 Å². The van der Waals surface area contributed by atoms with Crippen molar-refractivity contribution in [2.75, 3.05) is 5.33 Å². The van der Waals surface area contributed by atoms with Gasteiger partial charge < -0.3 is 5.32 Å². The van der Waals surface area contributed by atoms with E-state index >= 15 is 0 Å². The summed E-state index contributed by atoms with van der Waals surface area (Å²) in [6.45, 7) is 3.62. The lowest BCUT2D eigenvalue weighted by molar-refractivity contribution is -0.384. The number of nitro benzene ring substituents is 1. The summed E-state index contributed by atoms with van der Waals surface area (Å²) in [5, 5.41) is 14.3. The number of nitro groups is 1. The van der Waals surface area contributed by atoms with Crippen molar-refractivity contribution in [3.05, 3.63) is 39.4 Å². The van der Waals surface area contributed by atoms with Crippen LogP contribution in [0.5, 0.6) is 0 Å². The molecule has 0 aliphatic heterocycles. The Morgan fingerprint density at radius 3 is 2.72 bits per heavy atom. The molecule has 0 saturated carbocycles. The van der Waals surface area contributed by atoms with Gasteiger partial charge in [-0.3, -0.25) is 14.9 Å². The van der Waals surface area contributed by atoms with Crippen molar-refractivity contribution >= 4 is 27.5 Å². The monoisotopic (exact) mass is 314 g/mol. The van der Waals surface area contributed by atoms with Gasteiger partial charge in [0.25, 0.3) is 11.6 Å². The van der Waals surface area contributed by atoms with Crippen LogP contribution in [0.3, 0.4) is 0 Å². The molecule has 1 atom stereocenters. The van der Waals surface area contributed by atoms with Gasteiger partial charge in [-0.2, -0.15) is 0 Å². The van der Waals surface area contributed by atoms with Crippen LogP contribution in [0.15, 0.2) is 18.2 Å². The van der Waals surface area contributed by atoms with Gasteiger partial charge in [0.05, 0.1) is 4.92 Å². The van der Waals surface area contributed by atoms with E-state index in [9.17, 15) is 14.9 Å². The standard InChI is InChI=1S/C12H15BrN2O3/c1-8-5-10(7-11(6-8)15(17)18)12(16)14-9(2)3-4-13/h5-7,9H,3-4H2,1-2H3,(H,14,16). The largest absolute Gasteiger partial charge is 0.350 e. The Bertz CT molecular complexity index is 463. The molecule has 0 fully saturated rings. The molecule has 6 heteroatoms. The molecule has 0 saturated heterocycles. The topological polar surface area (TPSA) is 72.2 Å². The van der Waals surface area contributed by atoms with E-state index in [1.54, 1.807) is 13.0 Å². The third kappa shape index (κ3) is 4.10. The minimum atomic E-state index is -0.494. The normalized spacial score (nSPS) is 11.9. The Morgan fingerprint density at radius 2 is 2.17 bits per heavy atom. The van der Waals surface area contributed by atoms with Gasteiger partial charge in [-0.05, 0) is 31.9 Å². The highest BCUT2D eigenvalue weighted by molar-refractivity contribution is 9.09. The Hall–Kier alpha value is -1.43. The Labute approximate surface area is 114 Å². The van der Waals surface area contributed by atoms with E-state index in [0.29, 0.717) is 11.1 Å². The van der Waals surface area contributed by atoms with Gasteiger partial charge >= 0.3 is 0 Å². The van der Waals surface area contributed by atoms with Crippen molar-refractivity contribution in [1.82, 2.24) is 5.32 Å². The number of carbonyl (C=O) groups excluding carboxylic acids is 1. The quantitative estimate of drug-likeness (QED) is 0.516. The summed E-state index contributed by atoms with van der Waals surface area (Å²) in [5.74, 6) is -0.282. The fraction of sp³-hybridized carbons (Fsp3) is 0.417. The smallest absolute Gasteiger partial charge is 0.270 e. The first-order valence-electron chi connectivity index (χ1n) is 5.57. The Morgan fingerprint density at radius 1 is 1.50 bits per heavy atom. The summed E-state index contributed by atoms with van der Waals surface area (Å²) in [5.41, 5.74) is 0.957. The van der Waals surface area contributed by atoms with Gasteiger partial charge in [-0.15, -0.1) is 0 Å². The number of halogens is 1. The van der Waals surface area contributed by atoms with Crippen LogP contribution in [0.1, 0.15) is 29.3 Å². The lowest BCUT2D eigenvalue weighted by Gasteiger charge is -2.12. The fourth-order valence-electron chi connectivity index (χ4n) is 1.54. The highest BCUT2D eigenvalue weighted by Gasteiger charge is 2.14. The maximum Gasteiger partial charge on any atom is 0.270 e. The van der Waals surface area contributed by atoms with Crippen LogP contribution in [-0.4, -0.2) is 22.2 Å². The molecule has 1 N–H and O–H groups in total. The van der Waals surface area contributed by atoms with Crippen LogP contribution in [0.4, 0.5) is 5.69 Å². The summed E-state index contributed by atoms with van der Waals surface area (Å²) in [7, 11) is 0. The molecule has 1 unspecified atom stereocenters. The Balaban J connectivity index is 2.88. The first-order chi connectivity index (χ1) is 8.43. The van der Waals surface area contributed by atoms with Crippen molar-refractivity contribution in [1.29, 1.82) is 0 Å². The molecule has 0 spiro atoms. The molecule has 1 rings (SSSR count). The number of nitrogens with zero attached hydrogens (tertiary/aromatic N) is 1. The van der Waals surface area contributed by atoms with Crippen LogP contribution >= 0.6 is 15.9 Å². The van der Waals surface area contributed by atoms with Crippen LogP contribution in [-0.2, 0) is 0 Å². The van der Waals surface area contributed by atoms with E-state index in [1.807, 2.05) is 6.92 Å². The van der Waals surface area contributed by atoms with Crippen molar-refractivity contribution in [2.24, 2.45) is 0 Å². The predicted octanol–water partition coefficient (Wildman–Crippen LogP) is 2.81. The molecule has 5 nitrogen and oxygen atoms in total. The third-order valence-electron chi connectivity index (χ3n) is 2.45. The molecule has 0 heterocycles. The molecule has 0 aliphatic carbocycles. The van der Waals surface area contributed by atoms with Gasteiger partial charge in [0.1, 0.15) is 0 Å². The SMILES string of the molecule is Cc1cc(C(=O)NC(C)CCBr)cc([N+](=O)[O-])c1. The highest BCUT2D eigenvalue weighted by Crippen LogP contribution is 2.16. The minimum absolute atomic E-state index is 0.0245. The first kappa shape index (κ1) is 14.6. The summed E-state index contributed by atoms with van der Waals surface area (Å²) in [4.78, 5) is 22.1. The minimum Gasteiger partial charge on any atom is -0.350 e. The number of alkyl halides is 1. The Kier molecular flexibility index (Phi) is 5.27. The maximum atomic E-state index is 11.9. The molecular formula is C12H15BrN2O3. The molecule has 1 amide bonds. The molecule has 0 bridgehead atoms. The molecule has 1 aromatic rings. The summed E-state index contributed by atoms with van der Waals surface area (Å²) in [6, 6.07) is 4.40. The summed E-state index contributed by atoms with van der Waals surface area (Å²) >= 11 is 3.30. The van der Waals surface area contributed by atoms with Crippen LogP contribution < -0.4 is 5.32 Å². The second-order valence-corrected chi connectivity index (χ2v) is 4.96. The van der Waals surface area contributed by atoms with Gasteiger partial charge in [-0.25, -0.2) is 0 Å². The summed E-state index contributed by atoms with van der Waals surface area (Å²) in [6.07, 6.45) is 0.805. The van der Waals surface area contributed by atoms with E-state index < -0.39 is 4.92 Å². The lowest BCUT2D eigenvalue weighted by Crippen LogP contribution is -2.32. The van der Waals surface area contributed by atoms with Gasteiger partial charge in [0, 0.05) is 29.1 Å². The molecular weight excluding hydrogens is 300 g/mol. The number of hydrogen-bond acceptors (Lipinski definition) is 3. The van der Waals surface area contributed by atoms with Crippen LogP contribution in [0.2, 0.25) is 0 Å². The van der Waals surface area contributed by atoms with E-state index in [2.05, 4.69) is 21.2 Å². The van der Waals surface area contributed by atoms with Crippen molar-refractivity contribution in [2.45, 2.75) is 26.3 Å². The average Bonchev–Trinajstić information content (AvgIpc) is 2.28. The molecule has 18 heavy (non-hydrogen) atoms. The maximum absolute atomic E-state index is 11.9. The number of amides is 1. The van der Waals surface area contributed by atoms with Crippen molar-refractivity contribution in [3.8, 4) is 0 Å². The zero-order valence-electron chi connectivity index (χ0n) is 10.3. The fourth-order valence-corrected chi connectivity index (χ4v) is 2.23. The summed E-state index contributed by atoms with van der Waals surface area (Å²) < 4.78 is 0. The lowest BCUT2D eigenvalue weighted by atomic mass is 10.1. The zero-order valence-corrected chi connectivity index (χ0v) is 11.9. The number of non-ortho nitro benzene ring substituents is 1. The van der Waals surface area contributed by atoms with E-state index in [-0.39, 0.29) is 17.6 Å². The number of nitrogens with one attached hydrogen (secondary N) is 1. The second kappa shape index (κ2) is 6.49. The number of hydrogen-bond donors (Lipinski definition) is 1. The van der Waals surface area contributed by atoms with Crippen LogP contribution in [0.25, 0.3) is 0 Å².